The van der Waals surface area contributed by atoms with E-state index in [0.717, 1.165) is 74.2 Å². The molecule has 1 unspecified atom stereocenters. The fourth-order valence-electron chi connectivity index (χ4n) is 3.72. The maximum absolute atomic E-state index is 12.3. The van der Waals surface area contributed by atoms with Gasteiger partial charge in [0.15, 0.2) is 0 Å². The van der Waals surface area contributed by atoms with Crippen LogP contribution in [0.15, 0.2) is 23.8 Å². The van der Waals surface area contributed by atoms with Crippen molar-refractivity contribution in [2.24, 2.45) is 0 Å². The molecular formula is C23H33BrO3. The van der Waals surface area contributed by atoms with Gasteiger partial charge in [-0.1, -0.05) is 47.3 Å². The predicted octanol–water partition coefficient (Wildman–Crippen LogP) is 6.81. The molecular weight excluding hydrogens is 404 g/mol. The van der Waals surface area contributed by atoms with Crippen LogP contribution in [-0.4, -0.2) is 16.4 Å². The van der Waals surface area contributed by atoms with Crippen LogP contribution in [0.1, 0.15) is 88.7 Å². The molecule has 1 N–H and O–H groups in total. The van der Waals surface area contributed by atoms with Crippen molar-refractivity contribution in [2.75, 3.05) is 5.33 Å². The van der Waals surface area contributed by atoms with Gasteiger partial charge in [0.2, 0.25) is 0 Å². The minimum absolute atomic E-state index is 0.119. The van der Waals surface area contributed by atoms with Crippen LogP contribution in [0.5, 0.6) is 11.5 Å². The number of halogens is 1. The van der Waals surface area contributed by atoms with Crippen LogP contribution in [0.25, 0.3) is 0 Å². The number of unbranched alkanes of at least 4 members (excludes halogenated alkanes) is 3. The quantitative estimate of drug-likeness (QED) is 0.144. The molecule has 1 aromatic rings. The second-order valence-electron chi connectivity index (χ2n) is 7.62. The SMILES string of the molecule is CCCCCc1cc(O)c(C2C=C(C)CCC2)c(OC(=O)CCCCBr)c1. The molecule has 1 aliphatic carbocycles. The summed E-state index contributed by atoms with van der Waals surface area (Å²) < 4.78 is 5.76. The van der Waals surface area contributed by atoms with Crippen molar-refractivity contribution in [2.45, 2.75) is 84.0 Å². The zero-order chi connectivity index (χ0) is 19.6. The summed E-state index contributed by atoms with van der Waals surface area (Å²) in [6.45, 7) is 4.31. The highest BCUT2D eigenvalue weighted by Crippen LogP contribution is 2.42. The van der Waals surface area contributed by atoms with Gasteiger partial charge in [-0.3, -0.25) is 4.79 Å². The van der Waals surface area contributed by atoms with Crippen molar-refractivity contribution in [3.63, 3.8) is 0 Å². The van der Waals surface area contributed by atoms with Crippen LogP contribution in [-0.2, 0) is 11.2 Å². The van der Waals surface area contributed by atoms with Crippen LogP contribution in [0.4, 0.5) is 0 Å². The number of hydrogen-bond acceptors (Lipinski definition) is 3. The molecule has 27 heavy (non-hydrogen) atoms. The zero-order valence-electron chi connectivity index (χ0n) is 16.7. The number of hydrogen-bond donors (Lipinski definition) is 1. The Labute approximate surface area is 172 Å². The van der Waals surface area contributed by atoms with Crippen molar-refractivity contribution in [3.8, 4) is 11.5 Å². The molecule has 3 nitrogen and oxygen atoms in total. The second-order valence-corrected chi connectivity index (χ2v) is 8.41. The minimum atomic E-state index is -0.209. The van der Waals surface area contributed by atoms with E-state index < -0.39 is 0 Å². The number of aromatic hydroxyl groups is 1. The molecule has 0 saturated carbocycles. The smallest absolute Gasteiger partial charge is 0.311 e. The fourth-order valence-corrected chi connectivity index (χ4v) is 4.12. The number of carbonyl (C=O) groups is 1. The lowest BCUT2D eigenvalue weighted by Gasteiger charge is -2.23. The Kier molecular flexibility index (Phi) is 9.40. The predicted molar refractivity (Wildman–Crippen MR) is 115 cm³/mol. The highest BCUT2D eigenvalue weighted by molar-refractivity contribution is 9.09. The lowest BCUT2D eigenvalue weighted by molar-refractivity contribution is -0.134. The van der Waals surface area contributed by atoms with Crippen molar-refractivity contribution in [3.05, 3.63) is 34.9 Å². The molecule has 1 atom stereocenters. The van der Waals surface area contributed by atoms with Crippen LogP contribution < -0.4 is 4.74 Å². The third kappa shape index (κ3) is 6.99. The second kappa shape index (κ2) is 11.5. The van der Waals surface area contributed by atoms with Gasteiger partial charge in [0.05, 0.1) is 0 Å². The molecule has 0 fully saturated rings. The highest BCUT2D eigenvalue weighted by atomic mass is 79.9. The van der Waals surface area contributed by atoms with E-state index in [9.17, 15) is 9.90 Å². The Morgan fingerprint density at radius 3 is 2.78 bits per heavy atom. The number of alkyl halides is 1. The van der Waals surface area contributed by atoms with Gasteiger partial charge in [0.25, 0.3) is 0 Å². The number of benzene rings is 1. The molecule has 150 valence electrons. The number of esters is 1. The van der Waals surface area contributed by atoms with E-state index in [0.29, 0.717) is 12.2 Å². The Morgan fingerprint density at radius 2 is 2.07 bits per heavy atom. The molecule has 1 aromatic carbocycles. The highest BCUT2D eigenvalue weighted by Gasteiger charge is 2.23. The van der Waals surface area contributed by atoms with Crippen LogP contribution in [0, 0.1) is 0 Å². The van der Waals surface area contributed by atoms with Crippen molar-refractivity contribution >= 4 is 21.9 Å². The van der Waals surface area contributed by atoms with Crippen LogP contribution in [0.3, 0.4) is 0 Å². The van der Waals surface area contributed by atoms with Gasteiger partial charge in [-0.2, -0.15) is 0 Å². The third-order valence-corrected chi connectivity index (χ3v) is 5.74. The van der Waals surface area contributed by atoms with Gasteiger partial charge in [-0.15, -0.1) is 0 Å². The lowest BCUT2D eigenvalue weighted by Crippen LogP contribution is -2.12. The van der Waals surface area contributed by atoms with Crippen LogP contribution >= 0.6 is 15.9 Å². The summed E-state index contributed by atoms with van der Waals surface area (Å²) in [4.78, 5) is 12.3. The molecule has 0 bridgehead atoms. The first kappa shape index (κ1) is 22.0. The van der Waals surface area contributed by atoms with Gasteiger partial charge in [-0.05, 0) is 69.6 Å². The first-order valence-corrected chi connectivity index (χ1v) is 11.5. The van der Waals surface area contributed by atoms with E-state index in [1.54, 1.807) is 0 Å². The Balaban J connectivity index is 2.26. The summed E-state index contributed by atoms with van der Waals surface area (Å²) in [7, 11) is 0. The number of phenols is 1. The largest absolute Gasteiger partial charge is 0.507 e. The summed E-state index contributed by atoms with van der Waals surface area (Å²) in [5.74, 6) is 0.733. The van der Waals surface area contributed by atoms with Gasteiger partial charge >= 0.3 is 5.97 Å². The van der Waals surface area contributed by atoms with Crippen molar-refractivity contribution < 1.29 is 14.6 Å². The lowest BCUT2D eigenvalue weighted by atomic mass is 9.84. The average molecular weight is 437 g/mol. The number of rotatable bonds is 10. The molecule has 0 heterocycles. The topological polar surface area (TPSA) is 46.5 Å². The molecule has 0 radical (unpaired) electrons. The van der Waals surface area contributed by atoms with Gasteiger partial charge in [0.1, 0.15) is 11.5 Å². The molecule has 2 rings (SSSR count). The number of carbonyl (C=O) groups excluding carboxylic acids is 1. The van der Waals surface area contributed by atoms with E-state index >= 15 is 0 Å². The Hall–Kier alpha value is -1.29. The van der Waals surface area contributed by atoms with Gasteiger partial charge < -0.3 is 9.84 Å². The number of phenolic OH excluding ortho intramolecular Hbond substituents is 1. The Morgan fingerprint density at radius 1 is 1.26 bits per heavy atom. The number of allylic oxidation sites excluding steroid dienone is 2. The fraction of sp³-hybridized carbons (Fsp3) is 0.609. The summed E-state index contributed by atoms with van der Waals surface area (Å²) in [5, 5.41) is 11.7. The maximum atomic E-state index is 12.3. The first-order chi connectivity index (χ1) is 13.0. The van der Waals surface area contributed by atoms with Gasteiger partial charge in [-0.25, -0.2) is 0 Å². The first-order valence-electron chi connectivity index (χ1n) is 10.3. The van der Waals surface area contributed by atoms with E-state index in [2.05, 4.69) is 35.9 Å². The van der Waals surface area contributed by atoms with Crippen molar-refractivity contribution in [1.82, 2.24) is 0 Å². The zero-order valence-corrected chi connectivity index (χ0v) is 18.3. The molecule has 0 spiro atoms. The summed E-state index contributed by atoms with van der Waals surface area (Å²) in [6.07, 6.45) is 11.9. The van der Waals surface area contributed by atoms with E-state index in [1.807, 2.05) is 12.1 Å². The minimum Gasteiger partial charge on any atom is -0.507 e. The van der Waals surface area contributed by atoms with Gasteiger partial charge in [0, 0.05) is 23.2 Å². The van der Waals surface area contributed by atoms with E-state index in [4.69, 9.17) is 4.74 Å². The Bertz CT molecular complexity index is 651. The standard InChI is InChI=1S/C23H33BrO3/c1-3-4-5-10-18-15-20(25)23(19-11-8-9-17(2)14-19)21(16-18)27-22(26)12-6-7-13-24/h14-16,19,25H,3-13H2,1-2H3. The molecule has 1 aliphatic rings. The molecule has 0 amide bonds. The molecule has 0 aromatic heterocycles. The molecule has 4 heteroatoms. The van der Waals surface area contributed by atoms with Crippen molar-refractivity contribution in [1.29, 1.82) is 0 Å². The molecule has 0 saturated heterocycles. The third-order valence-electron chi connectivity index (χ3n) is 5.18. The average Bonchev–Trinajstić information content (AvgIpc) is 2.62. The summed E-state index contributed by atoms with van der Waals surface area (Å²) in [5.41, 5.74) is 3.17. The number of ether oxygens (including phenoxy) is 1. The monoisotopic (exact) mass is 436 g/mol. The normalized spacial score (nSPS) is 16.9. The van der Waals surface area contributed by atoms with Crippen LogP contribution in [0.2, 0.25) is 0 Å². The summed E-state index contributed by atoms with van der Waals surface area (Å²) in [6, 6.07) is 3.84. The molecule has 0 aliphatic heterocycles. The number of aryl methyl sites for hydroxylation is 1. The maximum Gasteiger partial charge on any atom is 0.311 e. The summed E-state index contributed by atoms with van der Waals surface area (Å²) >= 11 is 3.39. The van der Waals surface area contributed by atoms with E-state index in [1.165, 1.54) is 5.57 Å². The van der Waals surface area contributed by atoms with E-state index in [-0.39, 0.29) is 17.6 Å².